The van der Waals surface area contributed by atoms with Crippen LogP contribution in [-0.4, -0.2) is 17.3 Å². The van der Waals surface area contributed by atoms with Crippen LogP contribution in [0.15, 0.2) is 43.0 Å². The van der Waals surface area contributed by atoms with E-state index in [1.165, 1.54) is 0 Å². The number of benzene rings is 1. The lowest BCUT2D eigenvalue weighted by Gasteiger charge is -2.21. The Morgan fingerprint density at radius 3 is 2.69 bits per heavy atom. The molecule has 0 amide bonds. The largest absolute Gasteiger partial charge is 0.390 e. The van der Waals surface area contributed by atoms with Crippen LogP contribution in [0.3, 0.4) is 0 Å². The van der Waals surface area contributed by atoms with E-state index in [1.54, 1.807) is 6.08 Å². The lowest BCUT2D eigenvalue weighted by Crippen LogP contribution is -2.30. The van der Waals surface area contributed by atoms with Crippen LogP contribution in [0.4, 0.5) is 5.69 Å². The van der Waals surface area contributed by atoms with Gasteiger partial charge in [-0.05, 0) is 25.0 Å². The highest BCUT2D eigenvalue weighted by molar-refractivity contribution is 5.40. The minimum Gasteiger partial charge on any atom is -0.390 e. The van der Waals surface area contributed by atoms with Gasteiger partial charge < -0.3 is 5.11 Å². The van der Waals surface area contributed by atoms with E-state index in [1.807, 2.05) is 37.3 Å². The molecule has 0 fully saturated rings. The maximum absolute atomic E-state index is 9.75. The Labute approximate surface area is 96.7 Å². The van der Waals surface area contributed by atoms with E-state index < -0.39 is 6.10 Å². The highest BCUT2D eigenvalue weighted by Gasteiger charge is 2.16. The quantitative estimate of drug-likeness (QED) is 0.549. The molecule has 2 atom stereocenters. The van der Waals surface area contributed by atoms with E-state index >= 15 is 0 Å². The summed E-state index contributed by atoms with van der Waals surface area (Å²) in [7, 11) is 0. The Morgan fingerprint density at radius 1 is 1.44 bits per heavy atom. The van der Waals surface area contributed by atoms with Crippen molar-refractivity contribution in [2.45, 2.75) is 32.0 Å². The van der Waals surface area contributed by atoms with Crippen LogP contribution in [0.1, 0.15) is 19.8 Å². The molecule has 0 saturated heterocycles. The molecule has 1 aromatic carbocycles. The number of aliphatic hydroxyl groups excluding tert-OH is 1. The van der Waals surface area contributed by atoms with Gasteiger partial charge in [-0.25, -0.2) is 0 Å². The summed E-state index contributed by atoms with van der Waals surface area (Å²) in [6, 6.07) is 9.61. The first-order chi connectivity index (χ1) is 7.77. The second-order valence-electron chi connectivity index (χ2n) is 3.62. The van der Waals surface area contributed by atoms with E-state index in [0.717, 1.165) is 12.1 Å². The molecule has 0 radical (unpaired) electrons. The summed E-state index contributed by atoms with van der Waals surface area (Å²) in [4.78, 5) is 5.44. The van der Waals surface area contributed by atoms with Crippen LogP contribution in [0, 0.1) is 0 Å². The van der Waals surface area contributed by atoms with Gasteiger partial charge in [0.05, 0.1) is 11.8 Å². The molecular weight excluding hydrogens is 202 g/mol. The van der Waals surface area contributed by atoms with Gasteiger partial charge in [-0.2, -0.15) is 0 Å². The Hall–Kier alpha value is -1.32. The first kappa shape index (κ1) is 12.7. The predicted octanol–water partition coefficient (Wildman–Crippen LogP) is 2.75. The summed E-state index contributed by atoms with van der Waals surface area (Å²) in [6.07, 6.45) is 2.24. The summed E-state index contributed by atoms with van der Waals surface area (Å²) < 4.78 is 0. The lowest BCUT2D eigenvalue weighted by molar-refractivity contribution is -0.0127. The highest BCUT2D eigenvalue weighted by Crippen LogP contribution is 2.11. The van der Waals surface area contributed by atoms with Gasteiger partial charge in [0, 0.05) is 0 Å². The Kier molecular flexibility index (Phi) is 5.61. The maximum Gasteiger partial charge on any atom is 0.111 e. The molecule has 0 saturated carbocycles. The SMILES string of the molecule is C=CC[C@@H](O)[C@@H](CC)ONc1ccccc1. The predicted molar refractivity (Wildman–Crippen MR) is 66.0 cm³/mol. The zero-order valence-corrected chi connectivity index (χ0v) is 9.60. The summed E-state index contributed by atoms with van der Waals surface area (Å²) in [5, 5.41) is 9.75. The number of hydrogen-bond donors (Lipinski definition) is 2. The van der Waals surface area contributed by atoms with Crippen LogP contribution < -0.4 is 5.48 Å². The number of anilines is 1. The molecule has 1 rings (SSSR count). The Balaban J connectivity index is 2.42. The number of nitrogens with one attached hydrogen (secondary N) is 1. The van der Waals surface area contributed by atoms with Crippen molar-refractivity contribution in [1.82, 2.24) is 0 Å². The van der Waals surface area contributed by atoms with E-state index in [-0.39, 0.29) is 6.10 Å². The normalized spacial score (nSPS) is 14.1. The van der Waals surface area contributed by atoms with E-state index in [2.05, 4.69) is 12.1 Å². The second-order valence-corrected chi connectivity index (χ2v) is 3.62. The van der Waals surface area contributed by atoms with Crippen molar-refractivity contribution in [1.29, 1.82) is 0 Å². The molecule has 0 aliphatic rings. The van der Waals surface area contributed by atoms with Crippen molar-refractivity contribution in [3.05, 3.63) is 43.0 Å². The molecule has 0 heterocycles. The smallest absolute Gasteiger partial charge is 0.111 e. The zero-order valence-electron chi connectivity index (χ0n) is 9.60. The van der Waals surface area contributed by atoms with Crippen LogP contribution in [0.25, 0.3) is 0 Å². The number of hydrogen-bond acceptors (Lipinski definition) is 3. The van der Waals surface area contributed by atoms with Gasteiger partial charge >= 0.3 is 0 Å². The summed E-state index contributed by atoms with van der Waals surface area (Å²) in [6.45, 7) is 5.58. The van der Waals surface area contributed by atoms with Crippen LogP contribution in [-0.2, 0) is 4.84 Å². The first-order valence-corrected chi connectivity index (χ1v) is 5.53. The minimum absolute atomic E-state index is 0.224. The van der Waals surface area contributed by atoms with Gasteiger partial charge in [0.15, 0.2) is 0 Å². The number of para-hydroxylation sites is 1. The van der Waals surface area contributed by atoms with Crippen molar-refractivity contribution in [2.24, 2.45) is 0 Å². The average molecular weight is 221 g/mol. The highest BCUT2D eigenvalue weighted by atomic mass is 16.7. The fourth-order valence-electron chi connectivity index (χ4n) is 1.41. The molecule has 3 nitrogen and oxygen atoms in total. The van der Waals surface area contributed by atoms with E-state index in [0.29, 0.717) is 6.42 Å². The molecule has 0 unspecified atom stereocenters. The molecule has 0 aromatic heterocycles. The first-order valence-electron chi connectivity index (χ1n) is 5.53. The van der Waals surface area contributed by atoms with Crippen molar-refractivity contribution >= 4 is 5.69 Å². The van der Waals surface area contributed by atoms with Gasteiger partial charge in [0.1, 0.15) is 6.10 Å². The second kappa shape index (κ2) is 7.04. The fraction of sp³-hybridized carbons (Fsp3) is 0.385. The van der Waals surface area contributed by atoms with E-state index in [4.69, 9.17) is 4.84 Å². The zero-order chi connectivity index (χ0) is 11.8. The lowest BCUT2D eigenvalue weighted by atomic mass is 10.1. The van der Waals surface area contributed by atoms with Gasteiger partial charge in [0.25, 0.3) is 0 Å². The summed E-state index contributed by atoms with van der Waals surface area (Å²) in [5.41, 5.74) is 3.72. The molecule has 88 valence electrons. The summed E-state index contributed by atoms with van der Waals surface area (Å²) in [5.74, 6) is 0. The molecule has 3 heteroatoms. The van der Waals surface area contributed by atoms with Gasteiger partial charge in [-0.3, -0.25) is 10.3 Å². The van der Waals surface area contributed by atoms with Crippen LogP contribution in [0.2, 0.25) is 0 Å². The topological polar surface area (TPSA) is 41.5 Å². The van der Waals surface area contributed by atoms with Crippen molar-refractivity contribution < 1.29 is 9.94 Å². The third kappa shape index (κ3) is 4.04. The molecule has 2 N–H and O–H groups in total. The third-order valence-corrected chi connectivity index (χ3v) is 2.34. The molecule has 0 aliphatic carbocycles. The van der Waals surface area contributed by atoms with Gasteiger partial charge in [-0.15, -0.1) is 6.58 Å². The summed E-state index contributed by atoms with van der Waals surface area (Å²) >= 11 is 0. The van der Waals surface area contributed by atoms with Gasteiger partial charge in [-0.1, -0.05) is 31.2 Å². The molecule has 0 bridgehead atoms. The average Bonchev–Trinajstić information content (AvgIpc) is 2.31. The molecular formula is C13H19NO2. The standard InChI is InChI=1S/C13H19NO2/c1-3-8-12(15)13(4-2)16-14-11-9-6-5-7-10-11/h3,5-7,9-10,12-15H,1,4,8H2,2H3/t12-,13-/m1/s1. The maximum atomic E-state index is 9.75. The monoisotopic (exact) mass is 221 g/mol. The number of aliphatic hydroxyl groups is 1. The molecule has 16 heavy (non-hydrogen) atoms. The minimum atomic E-state index is -0.515. The molecule has 0 spiro atoms. The van der Waals surface area contributed by atoms with Crippen molar-refractivity contribution in [3.8, 4) is 0 Å². The van der Waals surface area contributed by atoms with E-state index in [9.17, 15) is 5.11 Å². The molecule has 1 aromatic rings. The van der Waals surface area contributed by atoms with Crippen molar-refractivity contribution in [2.75, 3.05) is 5.48 Å². The van der Waals surface area contributed by atoms with Crippen molar-refractivity contribution in [3.63, 3.8) is 0 Å². The molecule has 0 aliphatic heterocycles. The third-order valence-electron chi connectivity index (χ3n) is 2.34. The van der Waals surface area contributed by atoms with Gasteiger partial charge in [0.2, 0.25) is 0 Å². The number of rotatable bonds is 7. The Bertz CT molecular complexity index is 300. The van der Waals surface area contributed by atoms with Crippen LogP contribution >= 0.6 is 0 Å². The van der Waals surface area contributed by atoms with Crippen LogP contribution in [0.5, 0.6) is 0 Å². The Morgan fingerprint density at radius 2 is 2.12 bits per heavy atom. The fourth-order valence-corrected chi connectivity index (χ4v) is 1.41.